The molecular formula is C22H29NO3. The number of ether oxygens (including phenoxy) is 2. The molecule has 4 nitrogen and oxygen atoms in total. The topological polar surface area (TPSA) is 41.9 Å². The van der Waals surface area contributed by atoms with E-state index in [1.165, 1.54) is 0 Å². The fraction of sp³-hybridized carbons (Fsp3) is 0.455. The minimum atomic E-state index is -0.713. The zero-order valence-electron chi connectivity index (χ0n) is 15.7. The van der Waals surface area contributed by atoms with Gasteiger partial charge < -0.3 is 19.5 Å². The van der Waals surface area contributed by atoms with Crippen molar-refractivity contribution < 1.29 is 14.6 Å². The molecule has 1 fully saturated rings. The van der Waals surface area contributed by atoms with Crippen molar-refractivity contribution in [3.8, 4) is 5.75 Å². The zero-order chi connectivity index (χ0) is 18.4. The van der Waals surface area contributed by atoms with E-state index < -0.39 is 5.60 Å². The molecule has 1 heterocycles. The molecule has 1 N–H and O–H groups in total. The minimum absolute atomic E-state index is 0.0598. The van der Waals surface area contributed by atoms with E-state index in [0.29, 0.717) is 32.7 Å². The van der Waals surface area contributed by atoms with Gasteiger partial charge in [-0.05, 0) is 37.4 Å². The smallest absolute Gasteiger partial charge is 0.119 e. The maximum Gasteiger partial charge on any atom is 0.119 e. The molecule has 140 valence electrons. The third-order valence-electron chi connectivity index (χ3n) is 5.09. The Morgan fingerprint density at radius 3 is 2.31 bits per heavy atom. The number of rotatable bonds is 7. The Kier molecular flexibility index (Phi) is 6.30. The molecule has 0 saturated carbocycles. The maximum absolute atomic E-state index is 11.2. The van der Waals surface area contributed by atoms with E-state index in [0.717, 1.165) is 23.4 Å². The van der Waals surface area contributed by atoms with Crippen LogP contribution in [0.3, 0.4) is 0 Å². The number of benzene rings is 2. The van der Waals surface area contributed by atoms with Gasteiger partial charge in [0.2, 0.25) is 0 Å². The van der Waals surface area contributed by atoms with Crippen LogP contribution >= 0.6 is 0 Å². The van der Waals surface area contributed by atoms with Gasteiger partial charge in [0.15, 0.2) is 0 Å². The average molecular weight is 355 g/mol. The van der Waals surface area contributed by atoms with Gasteiger partial charge in [0.05, 0.1) is 5.60 Å². The van der Waals surface area contributed by atoms with E-state index >= 15 is 0 Å². The van der Waals surface area contributed by atoms with Crippen molar-refractivity contribution in [2.45, 2.75) is 31.0 Å². The van der Waals surface area contributed by atoms with E-state index in [2.05, 4.69) is 29.2 Å². The van der Waals surface area contributed by atoms with Crippen LogP contribution in [0.25, 0.3) is 0 Å². The first-order valence-electron chi connectivity index (χ1n) is 9.28. The van der Waals surface area contributed by atoms with Crippen molar-refractivity contribution in [1.29, 1.82) is 0 Å². The van der Waals surface area contributed by atoms with Gasteiger partial charge in [0.1, 0.15) is 12.4 Å². The van der Waals surface area contributed by atoms with E-state index in [9.17, 15) is 5.11 Å². The van der Waals surface area contributed by atoms with E-state index in [4.69, 9.17) is 9.47 Å². The normalized spacial score (nSPS) is 17.8. The highest BCUT2D eigenvalue weighted by atomic mass is 16.5. The molecule has 1 atom stereocenters. The van der Waals surface area contributed by atoms with Crippen LogP contribution in [-0.4, -0.2) is 49.5 Å². The van der Waals surface area contributed by atoms with Gasteiger partial charge in [-0.25, -0.2) is 0 Å². The molecule has 0 radical (unpaired) electrons. The molecule has 3 rings (SSSR count). The molecule has 4 heteroatoms. The van der Waals surface area contributed by atoms with Gasteiger partial charge in [-0.2, -0.15) is 0 Å². The maximum atomic E-state index is 11.2. The van der Waals surface area contributed by atoms with Crippen LogP contribution < -0.4 is 4.74 Å². The van der Waals surface area contributed by atoms with Crippen LogP contribution in [0.4, 0.5) is 0 Å². The second-order valence-corrected chi connectivity index (χ2v) is 7.37. The summed E-state index contributed by atoms with van der Waals surface area (Å²) in [5, 5.41) is 11.2. The Morgan fingerprint density at radius 1 is 1.04 bits per heavy atom. The standard InChI is InChI=1S/C22H29NO3/c1-23(2)16-21(22(24)12-14-25-15-13-22)19-8-10-20(11-9-19)26-17-18-6-4-3-5-7-18/h3-11,21,24H,12-17H2,1-2H3. The lowest BCUT2D eigenvalue weighted by Gasteiger charge is -2.40. The number of aliphatic hydroxyl groups is 1. The molecule has 0 aliphatic carbocycles. The molecule has 26 heavy (non-hydrogen) atoms. The molecule has 0 bridgehead atoms. The van der Waals surface area contributed by atoms with Gasteiger partial charge >= 0.3 is 0 Å². The Balaban J connectivity index is 1.71. The summed E-state index contributed by atoms with van der Waals surface area (Å²) in [4.78, 5) is 2.14. The summed E-state index contributed by atoms with van der Waals surface area (Å²) in [7, 11) is 4.10. The summed E-state index contributed by atoms with van der Waals surface area (Å²) in [5.41, 5.74) is 1.59. The predicted octanol–water partition coefficient (Wildman–Crippen LogP) is 3.45. The average Bonchev–Trinajstić information content (AvgIpc) is 2.66. The number of hydrogen-bond donors (Lipinski definition) is 1. The molecule has 2 aromatic rings. The van der Waals surface area contributed by atoms with Crippen molar-refractivity contribution in [2.24, 2.45) is 0 Å². The van der Waals surface area contributed by atoms with Crippen molar-refractivity contribution in [3.05, 3.63) is 65.7 Å². The fourth-order valence-corrected chi connectivity index (χ4v) is 3.56. The first-order chi connectivity index (χ1) is 12.6. The molecule has 1 aliphatic rings. The number of likely N-dealkylation sites (N-methyl/N-ethyl adjacent to an activating group) is 1. The van der Waals surface area contributed by atoms with Crippen molar-refractivity contribution in [2.75, 3.05) is 33.9 Å². The van der Waals surface area contributed by atoms with Crippen molar-refractivity contribution >= 4 is 0 Å². The molecule has 0 aromatic heterocycles. The Morgan fingerprint density at radius 2 is 1.69 bits per heavy atom. The lowest BCUT2D eigenvalue weighted by molar-refractivity contribution is -0.0832. The van der Waals surface area contributed by atoms with Crippen molar-refractivity contribution in [3.63, 3.8) is 0 Å². The second kappa shape index (κ2) is 8.67. The Bertz CT molecular complexity index is 664. The van der Waals surface area contributed by atoms with Crippen LogP contribution in [0.2, 0.25) is 0 Å². The Labute approximate surface area is 156 Å². The molecule has 2 aromatic carbocycles. The van der Waals surface area contributed by atoms with Crippen LogP contribution in [0.5, 0.6) is 5.75 Å². The first-order valence-corrected chi connectivity index (χ1v) is 9.28. The zero-order valence-corrected chi connectivity index (χ0v) is 15.7. The van der Waals surface area contributed by atoms with E-state index in [-0.39, 0.29) is 5.92 Å². The largest absolute Gasteiger partial charge is 0.489 e. The monoisotopic (exact) mass is 355 g/mol. The second-order valence-electron chi connectivity index (χ2n) is 7.37. The summed E-state index contributed by atoms with van der Waals surface area (Å²) >= 11 is 0. The molecule has 0 amide bonds. The quantitative estimate of drug-likeness (QED) is 0.826. The van der Waals surface area contributed by atoms with Gasteiger partial charge in [-0.1, -0.05) is 42.5 Å². The number of hydrogen-bond acceptors (Lipinski definition) is 4. The van der Waals surface area contributed by atoms with Crippen molar-refractivity contribution in [1.82, 2.24) is 4.90 Å². The Hall–Kier alpha value is -1.88. The van der Waals surface area contributed by atoms with Gasteiger partial charge in [-0.15, -0.1) is 0 Å². The number of nitrogens with zero attached hydrogens (tertiary/aromatic N) is 1. The summed E-state index contributed by atoms with van der Waals surface area (Å²) in [5.74, 6) is 0.907. The van der Waals surface area contributed by atoms with E-state index in [1.807, 2.05) is 44.4 Å². The molecule has 1 saturated heterocycles. The third-order valence-corrected chi connectivity index (χ3v) is 5.09. The lowest BCUT2D eigenvalue weighted by Crippen LogP contribution is -2.45. The summed E-state index contributed by atoms with van der Waals surface area (Å²) < 4.78 is 11.3. The summed E-state index contributed by atoms with van der Waals surface area (Å²) in [6.07, 6.45) is 1.36. The highest BCUT2D eigenvalue weighted by Crippen LogP contribution is 2.37. The lowest BCUT2D eigenvalue weighted by atomic mass is 9.77. The summed E-state index contributed by atoms with van der Waals surface area (Å²) in [6, 6.07) is 18.3. The third kappa shape index (κ3) is 4.85. The van der Waals surface area contributed by atoms with E-state index in [1.54, 1.807) is 0 Å². The van der Waals surface area contributed by atoms with Crippen LogP contribution in [0.15, 0.2) is 54.6 Å². The molecule has 0 spiro atoms. The SMILES string of the molecule is CN(C)CC(c1ccc(OCc2ccccc2)cc1)C1(O)CCOCC1. The van der Waals surface area contributed by atoms with Gasteiger partial charge in [0, 0.05) is 38.5 Å². The fourth-order valence-electron chi connectivity index (χ4n) is 3.56. The van der Waals surface area contributed by atoms with Crippen LogP contribution in [-0.2, 0) is 11.3 Å². The molecule has 1 unspecified atom stereocenters. The molecular weight excluding hydrogens is 326 g/mol. The summed E-state index contributed by atoms with van der Waals surface area (Å²) in [6.45, 7) is 2.61. The van der Waals surface area contributed by atoms with Gasteiger partial charge in [-0.3, -0.25) is 0 Å². The van der Waals surface area contributed by atoms with Crippen LogP contribution in [0, 0.1) is 0 Å². The van der Waals surface area contributed by atoms with Crippen LogP contribution in [0.1, 0.15) is 29.9 Å². The highest BCUT2D eigenvalue weighted by molar-refractivity contribution is 5.32. The predicted molar refractivity (Wildman–Crippen MR) is 104 cm³/mol. The first kappa shape index (κ1) is 18.9. The molecule has 1 aliphatic heterocycles. The highest BCUT2D eigenvalue weighted by Gasteiger charge is 2.39. The minimum Gasteiger partial charge on any atom is -0.489 e. The van der Waals surface area contributed by atoms with Gasteiger partial charge in [0.25, 0.3) is 0 Å².